The van der Waals surface area contributed by atoms with Gasteiger partial charge in [0.15, 0.2) is 5.75 Å². The molecular formula is C22H26N2O4S2. The van der Waals surface area contributed by atoms with Gasteiger partial charge in [0.2, 0.25) is 10.0 Å². The molecule has 1 heterocycles. The topological polar surface area (TPSA) is 84.5 Å². The van der Waals surface area contributed by atoms with E-state index in [0.29, 0.717) is 10.6 Å². The molecule has 0 atom stereocenters. The maximum Gasteiger partial charge on any atom is 0.265 e. The Morgan fingerprint density at radius 2 is 1.77 bits per heavy atom. The number of nitrogens with one attached hydrogen (secondary N) is 2. The summed E-state index contributed by atoms with van der Waals surface area (Å²) in [5.74, 6) is -0.00988. The fourth-order valence-electron chi connectivity index (χ4n) is 3.15. The van der Waals surface area contributed by atoms with Crippen molar-refractivity contribution in [3.63, 3.8) is 0 Å². The highest BCUT2D eigenvalue weighted by molar-refractivity contribution is 7.92. The van der Waals surface area contributed by atoms with Crippen LogP contribution in [0.5, 0.6) is 5.75 Å². The van der Waals surface area contributed by atoms with Crippen molar-refractivity contribution in [2.75, 3.05) is 23.4 Å². The summed E-state index contributed by atoms with van der Waals surface area (Å²) in [5, 5.41) is 3.95. The number of anilines is 2. The predicted octanol–water partition coefficient (Wildman–Crippen LogP) is 5.14. The Morgan fingerprint density at radius 1 is 1.10 bits per heavy atom. The molecule has 1 aromatic heterocycles. The van der Waals surface area contributed by atoms with Gasteiger partial charge in [0.05, 0.1) is 29.6 Å². The Hall–Kier alpha value is -2.58. The van der Waals surface area contributed by atoms with Crippen molar-refractivity contribution in [3.8, 4) is 5.75 Å². The molecule has 0 saturated heterocycles. The number of hydrogen-bond acceptors (Lipinski definition) is 5. The molecule has 30 heavy (non-hydrogen) atoms. The first-order valence-electron chi connectivity index (χ1n) is 9.40. The highest BCUT2D eigenvalue weighted by atomic mass is 32.2. The fraction of sp³-hybridized carbons (Fsp3) is 0.318. The van der Waals surface area contributed by atoms with E-state index < -0.39 is 10.0 Å². The lowest BCUT2D eigenvalue weighted by Crippen LogP contribution is -2.18. The zero-order chi connectivity index (χ0) is 22.3. The first-order chi connectivity index (χ1) is 13.9. The number of fused-ring (bicyclic) bond motifs is 1. The number of hydrogen-bond donors (Lipinski definition) is 2. The van der Waals surface area contributed by atoms with Gasteiger partial charge in [-0.25, -0.2) is 8.42 Å². The van der Waals surface area contributed by atoms with Crippen molar-refractivity contribution in [2.45, 2.75) is 33.1 Å². The molecule has 0 radical (unpaired) electrons. The number of thiophene rings is 1. The summed E-state index contributed by atoms with van der Waals surface area (Å²) in [5.41, 5.74) is 2.39. The predicted molar refractivity (Wildman–Crippen MR) is 125 cm³/mol. The molecule has 160 valence electrons. The van der Waals surface area contributed by atoms with E-state index in [1.165, 1.54) is 18.4 Å². The molecule has 0 unspecified atom stereocenters. The second kappa shape index (κ2) is 7.92. The van der Waals surface area contributed by atoms with Gasteiger partial charge in [-0.3, -0.25) is 9.52 Å². The molecule has 2 N–H and O–H groups in total. The molecule has 0 fully saturated rings. The summed E-state index contributed by atoms with van der Waals surface area (Å²) in [7, 11) is -2.09. The Bertz CT molecular complexity index is 1220. The molecule has 2 aromatic carbocycles. The van der Waals surface area contributed by atoms with Gasteiger partial charge < -0.3 is 10.1 Å². The number of aryl methyl sites for hydroxylation is 1. The molecule has 0 bridgehead atoms. The molecule has 6 nitrogen and oxygen atoms in total. The van der Waals surface area contributed by atoms with E-state index >= 15 is 0 Å². The third-order valence-electron chi connectivity index (χ3n) is 4.71. The lowest BCUT2D eigenvalue weighted by atomic mass is 9.86. The number of sulfonamides is 1. The molecule has 0 aliphatic carbocycles. The second-order valence-corrected chi connectivity index (χ2v) is 11.1. The lowest BCUT2D eigenvalue weighted by Gasteiger charge is -2.23. The number of carbonyl (C=O) groups is 1. The zero-order valence-corrected chi connectivity index (χ0v) is 19.5. The molecular weight excluding hydrogens is 420 g/mol. The summed E-state index contributed by atoms with van der Waals surface area (Å²) < 4.78 is 32.7. The quantitative estimate of drug-likeness (QED) is 0.568. The van der Waals surface area contributed by atoms with Gasteiger partial charge >= 0.3 is 0 Å². The maximum absolute atomic E-state index is 13.0. The van der Waals surface area contributed by atoms with Crippen LogP contribution >= 0.6 is 11.3 Å². The first-order valence-corrected chi connectivity index (χ1v) is 12.1. The number of ether oxygens (including phenoxy) is 1. The summed E-state index contributed by atoms with van der Waals surface area (Å²) in [4.78, 5) is 13.6. The van der Waals surface area contributed by atoms with Crippen molar-refractivity contribution >= 4 is 48.7 Å². The van der Waals surface area contributed by atoms with Crippen LogP contribution in [0.2, 0.25) is 0 Å². The summed E-state index contributed by atoms with van der Waals surface area (Å²) in [6.07, 6.45) is 1.08. The van der Waals surface area contributed by atoms with Crippen LogP contribution in [0.15, 0.2) is 36.4 Å². The van der Waals surface area contributed by atoms with E-state index in [-0.39, 0.29) is 22.8 Å². The SMILES string of the molecule is COc1c(NC(=O)c2cc3c(C)cccc3s2)cc(C(C)(C)C)cc1NS(C)(=O)=O. The number of carbonyl (C=O) groups excluding carboxylic acids is 1. The van der Waals surface area contributed by atoms with E-state index in [2.05, 4.69) is 10.0 Å². The monoisotopic (exact) mass is 446 g/mol. The smallest absolute Gasteiger partial charge is 0.265 e. The summed E-state index contributed by atoms with van der Waals surface area (Å²) in [6.45, 7) is 8.05. The van der Waals surface area contributed by atoms with Gasteiger partial charge in [0.1, 0.15) is 0 Å². The Labute approximate surface area is 181 Å². The fourth-order valence-corrected chi connectivity index (χ4v) is 4.74. The minimum absolute atomic E-state index is 0.263. The van der Waals surface area contributed by atoms with E-state index in [4.69, 9.17) is 4.74 Å². The molecule has 3 rings (SSSR count). The van der Waals surface area contributed by atoms with Gasteiger partial charge in [0, 0.05) is 4.70 Å². The minimum Gasteiger partial charge on any atom is -0.492 e. The average molecular weight is 447 g/mol. The third kappa shape index (κ3) is 4.76. The molecule has 3 aromatic rings. The Balaban J connectivity index is 2.07. The second-order valence-electron chi connectivity index (χ2n) is 8.28. The molecule has 0 aliphatic heterocycles. The van der Waals surface area contributed by atoms with Gasteiger partial charge in [-0.2, -0.15) is 0 Å². The number of benzene rings is 2. The highest BCUT2D eigenvalue weighted by Gasteiger charge is 2.23. The van der Waals surface area contributed by atoms with E-state index in [0.717, 1.165) is 27.5 Å². The number of rotatable bonds is 5. The van der Waals surface area contributed by atoms with E-state index in [1.54, 1.807) is 6.07 Å². The van der Waals surface area contributed by atoms with Gasteiger partial charge in [-0.15, -0.1) is 11.3 Å². The van der Waals surface area contributed by atoms with Crippen LogP contribution in [0.4, 0.5) is 11.4 Å². The Kier molecular flexibility index (Phi) is 5.84. The molecule has 0 spiro atoms. The molecule has 1 amide bonds. The van der Waals surface area contributed by atoms with Crippen molar-refractivity contribution in [2.24, 2.45) is 0 Å². The minimum atomic E-state index is -3.53. The van der Waals surface area contributed by atoms with Crippen LogP contribution < -0.4 is 14.8 Å². The molecule has 0 saturated carbocycles. The van der Waals surface area contributed by atoms with Crippen LogP contribution in [0.1, 0.15) is 41.6 Å². The largest absolute Gasteiger partial charge is 0.492 e. The average Bonchev–Trinajstić information content (AvgIpc) is 3.05. The number of amides is 1. The highest BCUT2D eigenvalue weighted by Crippen LogP contribution is 2.39. The van der Waals surface area contributed by atoms with Crippen molar-refractivity contribution in [1.82, 2.24) is 0 Å². The summed E-state index contributed by atoms with van der Waals surface area (Å²) >= 11 is 1.41. The zero-order valence-electron chi connectivity index (χ0n) is 17.9. The normalized spacial score (nSPS) is 12.1. The van der Waals surface area contributed by atoms with Crippen LogP contribution in [0.3, 0.4) is 0 Å². The van der Waals surface area contributed by atoms with E-state index in [1.807, 2.05) is 58.0 Å². The van der Waals surface area contributed by atoms with Crippen molar-refractivity contribution < 1.29 is 17.9 Å². The van der Waals surface area contributed by atoms with Crippen LogP contribution in [-0.2, 0) is 15.4 Å². The molecule has 0 aliphatic rings. The van der Waals surface area contributed by atoms with Gasteiger partial charge in [0.25, 0.3) is 5.91 Å². The number of methoxy groups -OCH3 is 1. The van der Waals surface area contributed by atoms with Crippen LogP contribution in [-0.4, -0.2) is 27.7 Å². The first kappa shape index (κ1) is 22.1. The van der Waals surface area contributed by atoms with Crippen molar-refractivity contribution in [1.29, 1.82) is 0 Å². The standard InChI is InChI=1S/C22H26N2O4S2/c1-13-8-7-9-18-15(13)12-19(29-18)21(25)23-16-10-14(22(2,3)4)11-17(20(16)28-5)24-30(6,26)27/h7-12,24H,1-6H3,(H,23,25). The van der Waals surface area contributed by atoms with Crippen LogP contribution in [0.25, 0.3) is 10.1 Å². The van der Waals surface area contributed by atoms with E-state index in [9.17, 15) is 13.2 Å². The lowest BCUT2D eigenvalue weighted by molar-refractivity contribution is 0.103. The Morgan fingerprint density at radius 3 is 2.33 bits per heavy atom. The maximum atomic E-state index is 13.0. The van der Waals surface area contributed by atoms with Crippen molar-refractivity contribution in [3.05, 3.63) is 52.4 Å². The van der Waals surface area contributed by atoms with Gasteiger partial charge in [-0.1, -0.05) is 32.9 Å². The third-order valence-corrected chi connectivity index (χ3v) is 6.40. The summed E-state index contributed by atoms with van der Waals surface area (Å²) in [6, 6.07) is 11.4. The molecule has 8 heteroatoms. The van der Waals surface area contributed by atoms with Crippen LogP contribution in [0, 0.1) is 6.92 Å². The van der Waals surface area contributed by atoms with Gasteiger partial charge in [-0.05, 0) is 53.1 Å².